The third-order valence-electron chi connectivity index (χ3n) is 1.71. The van der Waals surface area contributed by atoms with Gasteiger partial charge in [0.25, 0.3) is 0 Å². The van der Waals surface area contributed by atoms with Gasteiger partial charge in [-0.3, -0.25) is 4.99 Å². The molecule has 16 heavy (non-hydrogen) atoms. The van der Waals surface area contributed by atoms with Crippen LogP contribution in [0.2, 0.25) is 0 Å². The zero-order chi connectivity index (χ0) is 13.4. The van der Waals surface area contributed by atoms with Gasteiger partial charge in [-0.2, -0.15) is 0 Å². The summed E-state index contributed by atoms with van der Waals surface area (Å²) in [7, 11) is 0. The van der Waals surface area contributed by atoms with E-state index in [1.54, 1.807) is 0 Å². The Morgan fingerprint density at radius 1 is 1.25 bits per heavy atom. The van der Waals surface area contributed by atoms with Gasteiger partial charge in [0.2, 0.25) is 0 Å². The molecule has 0 heterocycles. The third kappa shape index (κ3) is 19.0. The molecule has 2 heteroatoms. The van der Waals surface area contributed by atoms with Gasteiger partial charge in [-0.25, -0.2) is 0 Å². The van der Waals surface area contributed by atoms with E-state index in [0.717, 1.165) is 18.4 Å². The zero-order valence-electron chi connectivity index (χ0n) is 12.1. The van der Waals surface area contributed by atoms with Crippen molar-refractivity contribution in [2.24, 2.45) is 10.7 Å². The lowest BCUT2D eigenvalue weighted by Crippen LogP contribution is -2.23. The molecule has 98 valence electrons. The van der Waals surface area contributed by atoms with Crippen molar-refractivity contribution in [3.05, 3.63) is 12.2 Å². The van der Waals surface area contributed by atoms with E-state index in [-0.39, 0.29) is 6.04 Å². The minimum Gasteiger partial charge on any atom is -0.324 e. The van der Waals surface area contributed by atoms with Gasteiger partial charge in [-0.15, -0.1) is 0 Å². The number of hydrogen-bond acceptors (Lipinski definition) is 2. The van der Waals surface area contributed by atoms with E-state index in [0.29, 0.717) is 6.54 Å². The molecule has 0 fully saturated rings. The van der Waals surface area contributed by atoms with Gasteiger partial charge in [0.05, 0.1) is 6.54 Å². The Hall–Kier alpha value is -0.630. The molecule has 0 saturated carbocycles. The van der Waals surface area contributed by atoms with Crippen molar-refractivity contribution in [2.45, 2.75) is 66.3 Å². The van der Waals surface area contributed by atoms with E-state index in [4.69, 9.17) is 5.73 Å². The number of nitrogens with two attached hydrogens (primary N) is 1. The summed E-state index contributed by atoms with van der Waals surface area (Å²) in [5.41, 5.74) is 6.80. The van der Waals surface area contributed by atoms with Crippen LogP contribution in [0.1, 0.15) is 60.3 Å². The van der Waals surface area contributed by atoms with Gasteiger partial charge < -0.3 is 5.73 Å². The van der Waals surface area contributed by atoms with Crippen LogP contribution in [0.5, 0.6) is 0 Å². The number of unbranched alkanes of at least 4 members (excludes halogenated alkanes) is 1. The molecule has 1 atom stereocenters. The summed E-state index contributed by atoms with van der Waals surface area (Å²) in [6.45, 7) is 18.2. The van der Waals surface area contributed by atoms with E-state index in [9.17, 15) is 0 Å². The van der Waals surface area contributed by atoms with E-state index < -0.39 is 0 Å². The minimum absolute atomic E-state index is 0.112. The first-order valence-corrected chi connectivity index (χ1v) is 6.49. The Kier molecular flexibility index (Phi) is 25.8. The van der Waals surface area contributed by atoms with Crippen LogP contribution >= 0.6 is 0 Å². The van der Waals surface area contributed by atoms with Gasteiger partial charge in [0.15, 0.2) is 0 Å². The fourth-order valence-electron chi connectivity index (χ4n) is 0.889. The SMILES string of the molecule is C=NCC(=C)C(N)CCCC.CC.CCC. The summed E-state index contributed by atoms with van der Waals surface area (Å²) in [6, 6.07) is 0.112. The third-order valence-corrected chi connectivity index (χ3v) is 1.71. The van der Waals surface area contributed by atoms with E-state index in [1.807, 2.05) is 13.8 Å². The lowest BCUT2D eigenvalue weighted by atomic mass is 10.0. The van der Waals surface area contributed by atoms with Crippen molar-refractivity contribution in [3.63, 3.8) is 0 Å². The zero-order valence-corrected chi connectivity index (χ0v) is 12.1. The molecule has 0 amide bonds. The van der Waals surface area contributed by atoms with Crippen LogP contribution in [0.25, 0.3) is 0 Å². The monoisotopic (exact) mass is 228 g/mol. The fourth-order valence-corrected chi connectivity index (χ4v) is 0.889. The second-order valence-corrected chi connectivity index (χ2v) is 3.50. The second-order valence-electron chi connectivity index (χ2n) is 3.50. The quantitative estimate of drug-likeness (QED) is 0.537. The maximum atomic E-state index is 5.80. The summed E-state index contributed by atoms with van der Waals surface area (Å²) in [4.78, 5) is 3.74. The molecule has 0 aliphatic carbocycles. The summed E-state index contributed by atoms with van der Waals surface area (Å²) in [6.07, 6.45) is 4.62. The van der Waals surface area contributed by atoms with Gasteiger partial charge in [-0.1, -0.05) is 60.5 Å². The first kappa shape index (κ1) is 20.7. The van der Waals surface area contributed by atoms with Crippen molar-refractivity contribution >= 4 is 6.72 Å². The molecule has 0 spiro atoms. The first-order chi connectivity index (χ1) is 7.63. The molecule has 0 saturated heterocycles. The molecular weight excluding hydrogens is 196 g/mol. The van der Waals surface area contributed by atoms with Crippen LogP contribution in [0, 0.1) is 0 Å². The molecule has 0 rings (SSSR count). The Morgan fingerprint density at radius 2 is 1.69 bits per heavy atom. The van der Waals surface area contributed by atoms with Crippen molar-refractivity contribution < 1.29 is 0 Å². The van der Waals surface area contributed by atoms with Crippen LogP contribution in [-0.2, 0) is 0 Å². The Bertz CT molecular complexity index is 142. The van der Waals surface area contributed by atoms with Crippen LogP contribution in [0.15, 0.2) is 17.1 Å². The predicted molar refractivity (Wildman–Crippen MR) is 78.4 cm³/mol. The molecule has 2 N–H and O–H groups in total. The summed E-state index contributed by atoms with van der Waals surface area (Å²) < 4.78 is 0. The van der Waals surface area contributed by atoms with Crippen LogP contribution < -0.4 is 5.73 Å². The first-order valence-electron chi connectivity index (χ1n) is 6.49. The van der Waals surface area contributed by atoms with Gasteiger partial charge in [0.1, 0.15) is 0 Å². The average Bonchev–Trinajstić information content (AvgIpc) is 2.30. The van der Waals surface area contributed by atoms with Crippen molar-refractivity contribution in [1.29, 1.82) is 0 Å². The highest BCUT2D eigenvalue weighted by molar-refractivity contribution is 5.25. The number of aliphatic imine (C=N–C) groups is 1. The highest BCUT2D eigenvalue weighted by Crippen LogP contribution is 2.05. The maximum absolute atomic E-state index is 5.80. The van der Waals surface area contributed by atoms with Gasteiger partial charge in [0, 0.05) is 6.04 Å². The second kappa shape index (κ2) is 19.9. The molecule has 1 unspecified atom stereocenters. The Morgan fingerprint density at radius 3 is 2.00 bits per heavy atom. The lowest BCUT2D eigenvalue weighted by Gasteiger charge is -2.11. The van der Waals surface area contributed by atoms with E-state index in [1.165, 1.54) is 12.8 Å². The number of rotatable bonds is 6. The van der Waals surface area contributed by atoms with Gasteiger partial charge >= 0.3 is 0 Å². The normalized spacial score (nSPS) is 10.1. The molecule has 0 aliphatic heterocycles. The highest BCUT2D eigenvalue weighted by Gasteiger charge is 2.04. The fraction of sp³-hybridized carbons (Fsp3) is 0.786. The maximum Gasteiger partial charge on any atom is 0.0604 e. The molecule has 2 nitrogen and oxygen atoms in total. The van der Waals surface area contributed by atoms with Crippen LogP contribution in [0.3, 0.4) is 0 Å². The summed E-state index contributed by atoms with van der Waals surface area (Å²) >= 11 is 0. The predicted octanol–water partition coefficient (Wildman–Crippen LogP) is 4.20. The van der Waals surface area contributed by atoms with E-state index in [2.05, 4.69) is 39.1 Å². The van der Waals surface area contributed by atoms with Gasteiger partial charge in [-0.05, 0) is 18.7 Å². The Labute approximate surface area is 103 Å². The standard InChI is InChI=1S/C9H18N2.C3H8.C2H6/c1-4-5-6-9(10)8(2)7-11-3;1-3-2;1-2/h9H,2-7,10H2,1H3;3H2,1-2H3;1-2H3. The molecule has 0 aromatic rings. The Balaban J connectivity index is -0.000000289. The van der Waals surface area contributed by atoms with Crippen molar-refractivity contribution in [2.75, 3.05) is 6.54 Å². The lowest BCUT2D eigenvalue weighted by molar-refractivity contribution is 0.628. The molecule has 0 radical (unpaired) electrons. The molecule has 0 bridgehead atoms. The van der Waals surface area contributed by atoms with Crippen LogP contribution in [0.4, 0.5) is 0 Å². The van der Waals surface area contributed by atoms with E-state index >= 15 is 0 Å². The molecule has 0 aromatic heterocycles. The van der Waals surface area contributed by atoms with Crippen LogP contribution in [-0.4, -0.2) is 19.3 Å². The molecule has 0 aromatic carbocycles. The summed E-state index contributed by atoms with van der Waals surface area (Å²) in [5, 5.41) is 0. The number of hydrogen-bond donors (Lipinski definition) is 1. The summed E-state index contributed by atoms with van der Waals surface area (Å²) in [5.74, 6) is 0. The van der Waals surface area contributed by atoms with Crippen molar-refractivity contribution in [3.8, 4) is 0 Å². The average molecular weight is 228 g/mol. The molecule has 0 aliphatic rings. The highest BCUT2D eigenvalue weighted by atomic mass is 14.7. The topological polar surface area (TPSA) is 38.4 Å². The molecular formula is C14H32N2. The minimum atomic E-state index is 0.112. The van der Waals surface area contributed by atoms with Crippen molar-refractivity contribution in [1.82, 2.24) is 0 Å². The number of nitrogens with zero attached hydrogens (tertiary/aromatic N) is 1. The largest absolute Gasteiger partial charge is 0.324 e. The smallest absolute Gasteiger partial charge is 0.0604 e.